The maximum atomic E-state index is 3.26. The van der Waals surface area contributed by atoms with Gasteiger partial charge >= 0.3 is 0 Å². The highest BCUT2D eigenvalue weighted by Crippen LogP contribution is 2.42. The smallest absolute Gasteiger partial charge is 0.00954 e. The molecule has 0 spiro atoms. The molecular formula is C26H34. The fourth-order valence-electron chi connectivity index (χ4n) is 5.05. The SMILES string of the molecule is C/C=C/C1=C2CCCCC2=C(C)C1.CC#CC1=C2CCCCC2=C(C)C1. The quantitative estimate of drug-likeness (QED) is 0.426. The van der Waals surface area contributed by atoms with E-state index < -0.39 is 0 Å². The molecule has 2 fully saturated rings. The molecule has 0 N–H and O–H groups in total. The molecule has 4 aliphatic rings. The van der Waals surface area contributed by atoms with Crippen molar-refractivity contribution in [2.45, 2.75) is 91.9 Å². The maximum Gasteiger partial charge on any atom is 0.00954 e. The van der Waals surface area contributed by atoms with E-state index in [2.05, 4.69) is 44.8 Å². The van der Waals surface area contributed by atoms with Crippen LogP contribution >= 0.6 is 0 Å². The second-order valence-electron chi connectivity index (χ2n) is 8.12. The lowest BCUT2D eigenvalue weighted by Gasteiger charge is -2.16. The molecule has 26 heavy (non-hydrogen) atoms. The maximum absolute atomic E-state index is 3.26. The highest BCUT2D eigenvalue weighted by atomic mass is 14.3. The van der Waals surface area contributed by atoms with Crippen molar-refractivity contribution in [3.63, 3.8) is 0 Å². The zero-order chi connectivity index (χ0) is 18.5. The van der Waals surface area contributed by atoms with Gasteiger partial charge in [0.15, 0.2) is 0 Å². The summed E-state index contributed by atoms with van der Waals surface area (Å²) in [5.41, 5.74) is 12.8. The molecule has 4 rings (SSSR count). The molecule has 0 aromatic heterocycles. The molecule has 0 bridgehead atoms. The van der Waals surface area contributed by atoms with Gasteiger partial charge in [-0.15, -0.1) is 5.92 Å². The van der Waals surface area contributed by atoms with E-state index in [1.807, 2.05) is 6.92 Å². The predicted octanol–water partition coefficient (Wildman–Crippen LogP) is 7.75. The van der Waals surface area contributed by atoms with Crippen LogP contribution < -0.4 is 0 Å². The third-order valence-electron chi connectivity index (χ3n) is 6.26. The highest BCUT2D eigenvalue weighted by Gasteiger charge is 2.23. The van der Waals surface area contributed by atoms with Crippen molar-refractivity contribution >= 4 is 0 Å². The predicted molar refractivity (Wildman–Crippen MR) is 114 cm³/mol. The minimum atomic E-state index is 1.13. The Balaban J connectivity index is 0.000000151. The third-order valence-corrected chi connectivity index (χ3v) is 6.26. The fraction of sp³-hybridized carbons (Fsp3) is 0.538. The molecule has 0 nitrogen and oxygen atoms in total. The summed E-state index contributed by atoms with van der Waals surface area (Å²) in [4.78, 5) is 0. The molecule has 138 valence electrons. The van der Waals surface area contributed by atoms with Gasteiger partial charge < -0.3 is 0 Å². The molecule has 0 atom stereocenters. The summed E-state index contributed by atoms with van der Waals surface area (Å²) >= 11 is 0. The Bertz CT molecular complexity index is 778. The first kappa shape index (κ1) is 19.0. The van der Waals surface area contributed by atoms with Crippen LogP contribution in [0.3, 0.4) is 0 Å². The molecule has 0 amide bonds. The number of allylic oxidation sites excluding steroid dienone is 10. The van der Waals surface area contributed by atoms with Crippen LogP contribution in [-0.2, 0) is 0 Å². The Kier molecular flexibility index (Phi) is 6.42. The van der Waals surface area contributed by atoms with Crippen LogP contribution in [0.4, 0.5) is 0 Å². The van der Waals surface area contributed by atoms with Crippen molar-refractivity contribution in [1.29, 1.82) is 0 Å². The van der Waals surface area contributed by atoms with Crippen LogP contribution in [0, 0.1) is 11.8 Å². The molecule has 4 aliphatic carbocycles. The molecule has 0 aromatic rings. The fourth-order valence-corrected chi connectivity index (χ4v) is 5.05. The Hall–Kier alpha value is -1.74. The first-order valence-electron chi connectivity index (χ1n) is 10.5. The molecule has 0 heterocycles. The average molecular weight is 347 g/mol. The lowest BCUT2D eigenvalue weighted by Crippen LogP contribution is -1.97. The van der Waals surface area contributed by atoms with Gasteiger partial charge in [0.2, 0.25) is 0 Å². The number of fused-ring (bicyclic) bond motifs is 2. The molecule has 0 unspecified atom stereocenters. The lowest BCUT2D eigenvalue weighted by molar-refractivity contribution is 0.678. The first-order chi connectivity index (χ1) is 12.7. The molecule has 0 saturated heterocycles. The van der Waals surface area contributed by atoms with Crippen LogP contribution in [0.15, 0.2) is 56.7 Å². The highest BCUT2D eigenvalue weighted by molar-refractivity contribution is 5.54. The van der Waals surface area contributed by atoms with Gasteiger partial charge in [0.1, 0.15) is 0 Å². The summed E-state index contributed by atoms with van der Waals surface area (Å²) in [6, 6.07) is 0. The zero-order valence-corrected chi connectivity index (χ0v) is 17.2. The minimum absolute atomic E-state index is 1.13. The second kappa shape index (κ2) is 8.77. The zero-order valence-electron chi connectivity index (χ0n) is 17.2. The van der Waals surface area contributed by atoms with Crippen LogP contribution in [0.25, 0.3) is 0 Å². The Morgan fingerprint density at radius 2 is 1.27 bits per heavy atom. The monoisotopic (exact) mass is 346 g/mol. The topological polar surface area (TPSA) is 0 Å². The summed E-state index contributed by atoms with van der Waals surface area (Å²) in [5.74, 6) is 6.29. The Morgan fingerprint density at radius 1 is 0.731 bits per heavy atom. The number of rotatable bonds is 1. The van der Waals surface area contributed by atoms with Gasteiger partial charge in [-0.2, -0.15) is 0 Å². The average Bonchev–Trinajstić information content (AvgIpc) is 3.15. The standard InChI is InChI=1S/C13H18.C13H16/c2*1-3-6-11-9-10(2)12-7-4-5-8-13(11)12/h3,6H,4-5,7-9H2,1-2H3;4-5,7-9H2,1-2H3/b6-3+;. The first-order valence-corrected chi connectivity index (χ1v) is 10.5. The molecule has 2 saturated carbocycles. The summed E-state index contributed by atoms with van der Waals surface area (Å²) in [6.07, 6.45) is 17.6. The van der Waals surface area contributed by atoms with E-state index in [0.29, 0.717) is 0 Å². The van der Waals surface area contributed by atoms with Gasteiger partial charge in [-0.1, -0.05) is 29.2 Å². The Labute approximate surface area is 160 Å². The van der Waals surface area contributed by atoms with Crippen molar-refractivity contribution in [2.75, 3.05) is 0 Å². The molecule has 0 aromatic carbocycles. The van der Waals surface area contributed by atoms with Crippen molar-refractivity contribution in [2.24, 2.45) is 0 Å². The molecular weight excluding hydrogens is 312 g/mol. The van der Waals surface area contributed by atoms with Gasteiger partial charge in [0, 0.05) is 12.0 Å². The number of hydrogen-bond acceptors (Lipinski definition) is 0. The van der Waals surface area contributed by atoms with E-state index in [9.17, 15) is 0 Å². The van der Waals surface area contributed by atoms with Crippen molar-refractivity contribution < 1.29 is 0 Å². The number of hydrogen-bond donors (Lipinski definition) is 0. The summed E-state index contributed by atoms with van der Waals surface area (Å²) in [5, 5.41) is 0. The minimum Gasteiger partial charge on any atom is -0.102 e. The summed E-state index contributed by atoms with van der Waals surface area (Å²) < 4.78 is 0. The van der Waals surface area contributed by atoms with E-state index in [1.54, 1.807) is 39.0 Å². The van der Waals surface area contributed by atoms with Crippen LogP contribution in [0.2, 0.25) is 0 Å². The van der Waals surface area contributed by atoms with E-state index >= 15 is 0 Å². The van der Waals surface area contributed by atoms with Gasteiger partial charge in [-0.05, 0) is 113 Å². The normalized spacial score (nSPS) is 22.3. The molecule has 0 aliphatic heterocycles. The van der Waals surface area contributed by atoms with E-state index in [0.717, 1.165) is 6.42 Å². The Morgan fingerprint density at radius 3 is 1.88 bits per heavy atom. The summed E-state index contributed by atoms with van der Waals surface area (Å²) in [6.45, 7) is 8.62. The van der Waals surface area contributed by atoms with Gasteiger partial charge in [0.05, 0.1) is 0 Å². The van der Waals surface area contributed by atoms with E-state index in [-0.39, 0.29) is 0 Å². The molecule has 0 radical (unpaired) electrons. The van der Waals surface area contributed by atoms with Crippen molar-refractivity contribution in [3.05, 3.63) is 56.7 Å². The largest absolute Gasteiger partial charge is 0.102 e. The molecule has 0 heteroatoms. The van der Waals surface area contributed by atoms with Crippen LogP contribution in [0.1, 0.15) is 91.9 Å². The van der Waals surface area contributed by atoms with Crippen molar-refractivity contribution in [1.82, 2.24) is 0 Å². The second-order valence-corrected chi connectivity index (χ2v) is 8.12. The van der Waals surface area contributed by atoms with Gasteiger partial charge in [-0.25, -0.2) is 0 Å². The van der Waals surface area contributed by atoms with Crippen LogP contribution in [-0.4, -0.2) is 0 Å². The van der Waals surface area contributed by atoms with Gasteiger partial charge in [0.25, 0.3) is 0 Å². The third kappa shape index (κ3) is 3.98. The van der Waals surface area contributed by atoms with E-state index in [4.69, 9.17) is 0 Å². The summed E-state index contributed by atoms with van der Waals surface area (Å²) in [7, 11) is 0. The lowest BCUT2D eigenvalue weighted by atomic mass is 9.89. The van der Waals surface area contributed by atoms with Crippen LogP contribution in [0.5, 0.6) is 0 Å². The van der Waals surface area contributed by atoms with E-state index in [1.165, 1.54) is 63.4 Å². The van der Waals surface area contributed by atoms with Gasteiger partial charge in [-0.3, -0.25) is 0 Å². The van der Waals surface area contributed by atoms with Crippen molar-refractivity contribution in [3.8, 4) is 11.8 Å².